The molecule has 4 heterocycles. The van der Waals surface area contributed by atoms with Gasteiger partial charge in [0.25, 0.3) is 0 Å². The molecule has 11 rings (SSSR count). The minimum absolute atomic E-state index is 0.696. The van der Waals surface area contributed by atoms with Crippen LogP contribution in [0.15, 0.2) is 156 Å². The van der Waals surface area contributed by atoms with Gasteiger partial charge in [-0.15, -0.1) is 11.3 Å². The molecule has 0 unspecified atom stereocenters. The Kier molecular flexibility index (Phi) is 5.51. The summed E-state index contributed by atoms with van der Waals surface area (Å²) in [4.78, 5) is 10.5. The lowest BCUT2D eigenvalue weighted by molar-refractivity contribution is 0.668. The molecule has 49 heavy (non-hydrogen) atoms. The molecule has 0 bridgehead atoms. The van der Waals surface area contributed by atoms with Crippen LogP contribution in [-0.4, -0.2) is 14.5 Å². The molecule has 228 valence electrons. The summed E-state index contributed by atoms with van der Waals surface area (Å²) >= 11 is 1.75. The quantitative estimate of drug-likeness (QED) is 0.192. The number of rotatable bonds is 3. The summed E-state index contributed by atoms with van der Waals surface area (Å²) in [6, 6.07) is 53.5. The van der Waals surface area contributed by atoms with Gasteiger partial charge in [-0.2, -0.15) is 0 Å². The van der Waals surface area contributed by atoms with Crippen LogP contribution in [0.2, 0.25) is 0 Å². The predicted molar refractivity (Wildman–Crippen MR) is 205 cm³/mol. The first-order chi connectivity index (χ1) is 24.3. The van der Waals surface area contributed by atoms with Crippen molar-refractivity contribution in [1.29, 1.82) is 0 Å². The number of furan rings is 1. The molecule has 0 saturated carbocycles. The van der Waals surface area contributed by atoms with Gasteiger partial charge in [-0.1, -0.05) is 103 Å². The largest absolute Gasteiger partial charge is 0.456 e. The first-order valence-corrected chi connectivity index (χ1v) is 17.2. The fourth-order valence-electron chi connectivity index (χ4n) is 7.58. The minimum Gasteiger partial charge on any atom is -0.456 e. The predicted octanol–water partition coefficient (Wildman–Crippen LogP) is 12.3. The van der Waals surface area contributed by atoms with E-state index >= 15 is 0 Å². The molecular formula is C44H25N3OS. The Hall–Kier alpha value is -6.30. The molecule has 11 aromatic rings. The molecule has 0 atom stereocenters. The lowest BCUT2D eigenvalue weighted by Gasteiger charge is -2.09. The van der Waals surface area contributed by atoms with E-state index in [1.165, 1.54) is 37.3 Å². The van der Waals surface area contributed by atoms with Crippen LogP contribution in [0.25, 0.3) is 103 Å². The molecule has 0 aliphatic carbocycles. The minimum atomic E-state index is 0.696. The average molecular weight is 644 g/mol. The maximum atomic E-state index is 6.64. The van der Waals surface area contributed by atoms with Crippen LogP contribution in [-0.2, 0) is 0 Å². The summed E-state index contributed by atoms with van der Waals surface area (Å²) in [5, 5.41) is 8.15. The van der Waals surface area contributed by atoms with E-state index in [9.17, 15) is 0 Å². The maximum Gasteiger partial charge on any atom is 0.161 e. The molecule has 5 heteroatoms. The van der Waals surface area contributed by atoms with Crippen LogP contribution in [0.5, 0.6) is 0 Å². The molecule has 0 amide bonds. The van der Waals surface area contributed by atoms with E-state index < -0.39 is 0 Å². The monoisotopic (exact) mass is 643 g/mol. The first kappa shape index (κ1) is 26.7. The van der Waals surface area contributed by atoms with E-state index in [0.29, 0.717) is 5.82 Å². The van der Waals surface area contributed by atoms with Gasteiger partial charge in [-0.3, -0.25) is 0 Å². The summed E-state index contributed by atoms with van der Waals surface area (Å²) in [7, 11) is 0. The number of para-hydroxylation sites is 1. The third-order valence-corrected chi connectivity index (χ3v) is 11.0. The second kappa shape index (κ2) is 10.1. The van der Waals surface area contributed by atoms with Gasteiger partial charge in [0.05, 0.1) is 26.9 Å². The lowest BCUT2D eigenvalue weighted by atomic mass is 10.0. The Morgan fingerprint density at radius 3 is 2.20 bits per heavy atom. The summed E-state index contributed by atoms with van der Waals surface area (Å²) in [5.74, 6) is 0.696. The Bertz CT molecular complexity index is 3110. The second-order valence-corrected chi connectivity index (χ2v) is 13.6. The lowest BCUT2D eigenvalue weighted by Crippen LogP contribution is -1.94. The van der Waals surface area contributed by atoms with Crippen LogP contribution < -0.4 is 0 Å². The van der Waals surface area contributed by atoms with Crippen molar-refractivity contribution in [2.45, 2.75) is 0 Å². The third-order valence-electron chi connectivity index (χ3n) is 9.79. The van der Waals surface area contributed by atoms with Gasteiger partial charge < -0.3 is 8.98 Å². The van der Waals surface area contributed by atoms with Crippen molar-refractivity contribution in [2.75, 3.05) is 0 Å². The van der Waals surface area contributed by atoms with Crippen LogP contribution in [0.1, 0.15) is 0 Å². The summed E-state index contributed by atoms with van der Waals surface area (Å²) < 4.78 is 11.3. The van der Waals surface area contributed by atoms with Crippen molar-refractivity contribution < 1.29 is 4.42 Å². The first-order valence-electron chi connectivity index (χ1n) is 16.4. The van der Waals surface area contributed by atoms with Crippen molar-refractivity contribution >= 4 is 86.2 Å². The van der Waals surface area contributed by atoms with E-state index in [0.717, 1.165) is 60.0 Å². The number of aromatic nitrogens is 3. The third kappa shape index (κ3) is 3.91. The van der Waals surface area contributed by atoms with Gasteiger partial charge in [-0.05, 0) is 53.2 Å². The Morgan fingerprint density at radius 2 is 1.31 bits per heavy atom. The number of benzene rings is 7. The Balaban J connectivity index is 1.16. The van der Waals surface area contributed by atoms with E-state index in [-0.39, 0.29) is 0 Å². The molecule has 4 aromatic heterocycles. The van der Waals surface area contributed by atoms with Crippen molar-refractivity contribution in [2.24, 2.45) is 0 Å². The standard InChI is InChI=1S/C44H25N3OS/c1-2-11-26(12-3-1)41-43-42(32-16-7-9-20-39(32)49-43)46-44(45-41)33-17-10-19-37-40(33)31-22-21-29(25-38(31)48-37)47-35-18-8-6-15-30(35)34-23-27-13-4-5-14-28(27)24-36(34)47/h1-25H. The normalized spacial score (nSPS) is 12.1. The van der Waals surface area contributed by atoms with Crippen molar-refractivity contribution in [3.8, 4) is 28.3 Å². The molecular weight excluding hydrogens is 619 g/mol. The summed E-state index contributed by atoms with van der Waals surface area (Å²) in [6.07, 6.45) is 0. The summed E-state index contributed by atoms with van der Waals surface area (Å²) in [5.41, 5.74) is 9.02. The second-order valence-electron chi connectivity index (χ2n) is 12.6. The Morgan fingerprint density at radius 1 is 0.531 bits per heavy atom. The number of fused-ring (bicyclic) bond motifs is 10. The molecule has 7 aromatic carbocycles. The highest BCUT2D eigenvalue weighted by Crippen LogP contribution is 2.42. The van der Waals surface area contributed by atoms with Gasteiger partial charge in [0, 0.05) is 54.5 Å². The molecule has 0 N–H and O–H groups in total. The van der Waals surface area contributed by atoms with Crippen LogP contribution in [0.3, 0.4) is 0 Å². The Labute approximate surface area is 284 Å². The average Bonchev–Trinajstić information content (AvgIpc) is 3.83. The van der Waals surface area contributed by atoms with Crippen molar-refractivity contribution in [3.05, 3.63) is 152 Å². The number of hydrogen-bond acceptors (Lipinski definition) is 4. The SMILES string of the molecule is c1ccc(-c2nc(-c3cccc4oc5cc(-n6c7ccccc7c7cc8ccccc8cc76)ccc5c34)nc3c2sc2ccccc23)cc1. The number of thiophene rings is 1. The molecule has 0 aliphatic rings. The topological polar surface area (TPSA) is 43.9 Å². The highest BCUT2D eigenvalue weighted by Gasteiger charge is 2.21. The molecule has 0 saturated heterocycles. The zero-order valence-electron chi connectivity index (χ0n) is 26.1. The van der Waals surface area contributed by atoms with Crippen LogP contribution >= 0.6 is 11.3 Å². The zero-order chi connectivity index (χ0) is 32.1. The van der Waals surface area contributed by atoms with Gasteiger partial charge >= 0.3 is 0 Å². The highest BCUT2D eigenvalue weighted by atomic mass is 32.1. The van der Waals surface area contributed by atoms with Gasteiger partial charge in [0.15, 0.2) is 5.82 Å². The molecule has 0 spiro atoms. The molecule has 0 radical (unpaired) electrons. The zero-order valence-corrected chi connectivity index (χ0v) is 26.9. The fraction of sp³-hybridized carbons (Fsp3) is 0. The number of nitrogens with zero attached hydrogens (tertiary/aromatic N) is 3. The van der Waals surface area contributed by atoms with Gasteiger partial charge in [-0.25, -0.2) is 9.97 Å². The van der Waals surface area contributed by atoms with Crippen molar-refractivity contribution in [1.82, 2.24) is 14.5 Å². The smallest absolute Gasteiger partial charge is 0.161 e. The fourth-order valence-corrected chi connectivity index (χ4v) is 8.73. The maximum absolute atomic E-state index is 6.64. The van der Waals surface area contributed by atoms with Crippen LogP contribution in [0, 0.1) is 0 Å². The van der Waals surface area contributed by atoms with Crippen molar-refractivity contribution in [3.63, 3.8) is 0 Å². The van der Waals surface area contributed by atoms with E-state index in [1.807, 2.05) is 18.2 Å². The molecule has 4 nitrogen and oxygen atoms in total. The summed E-state index contributed by atoms with van der Waals surface area (Å²) in [6.45, 7) is 0. The van der Waals surface area contributed by atoms with Gasteiger partial charge in [0.1, 0.15) is 11.2 Å². The molecule has 0 fully saturated rings. The number of hydrogen-bond donors (Lipinski definition) is 0. The highest BCUT2D eigenvalue weighted by molar-refractivity contribution is 7.26. The van der Waals surface area contributed by atoms with E-state index in [1.54, 1.807) is 11.3 Å². The molecule has 0 aliphatic heterocycles. The van der Waals surface area contributed by atoms with Crippen LogP contribution in [0.4, 0.5) is 0 Å². The van der Waals surface area contributed by atoms with E-state index in [2.05, 4.69) is 138 Å². The van der Waals surface area contributed by atoms with Gasteiger partial charge in [0.2, 0.25) is 0 Å². The van der Waals surface area contributed by atoms with E-state index in [4.69, 9.17) is 14.4 Å².